The van der Waals surface area contributed by atoms with Gasteiger partial charge < -0.3 is 15.0 Å². The Morgan fingerprint density at radius 2 is 1.62 bits per heavy atom. The summed E-state index contributed by atoms with van der Waals surface area (Å²) in [5.41, 5.74) is 4.27. The molecule has 9 heteroatoms. The fourth-order valence-electron chi connectivity index (χ4n) is 4.64. The van der Waals surface area contributed by atoms with Crippen LogP contribution in [0.2, 0.25) is 0 Å². The molecule has 2 amide bonds. The quantitative estimate of drug-likeness (QED) is 0.763. The van der Waals surface area contributed by atoms with Crippen molar-refractivity contribution in [2.24, 2.45) is 0 Å². The fraction of sp³-hybridized carbons (Fsp3) is 0.391. The van der Waals surface area contributed by atoms with E-state index in [4.69, 9.17) is 4.74 Å². The van der Waals surface area contributed by atoms with Crippen molar-refractivity contribution in [3.8, 4) is 0 Å². The number of morpholine rings is 1. The van der Waals surface area contributed by atoms with Crippen molar-refractivity contribution in [3.05, 3.63) is 53.1 Å². The van der Waals surface area contributed by atoms with E-state index in [0.717, 1.165) is 36.2 Å². The molecular formula is C23H25N3O5S. The van der Waals surface area contributed by atoms with Crippen molar-refractivity contribution in [1.29, 1.82) is 0 Å². The van der Waals surface area contributed by atoms with E-state index in [-0.39, 0.29) is 16.7 Å². The van der Waals surface area contributed by atoms with Crippen LogP contribution < -0.4 is 10.2 Å². The highest BCUT2D eigenvalue weighted by Crippen LogP contribution is 2.38. The van der Waals surface area contributed by atoms with Gasteiger partial charge in [-0.15, -0.1) is 0 Å². The molecule has 0 aliphatic carbocycles. The van der Waals surface area contributed by atoms with Crippen molar-refractivity contribution in [2.45, 2.75) is 30.6 Å². The molecule has 0 spiro atoms. The lowest BCUT2D eigenvalue weighted by Gasteiger charge is -2.35. The summed E-state index contributed by atoms with van der Waals surface area (Å²) >= 11 is 0. The fourth-order valence-corrected chi connectivity index (χ4v) is 6.05. The number of amides is 2. The average Bonchev–Trinajstić information content (AvgIpc) is 2.82. The van der Waals surface area contributed by atoms with Crippen LogP contribution in [-0.2, 0) is 32.4 Å². The van der Waals surface area contributed by atoms with Gasteiger partial charge in [0.2, 0.25) is 15.9 Å². The molecule has 168 valence electrons. The van der Waals surface area contributed by atoms with Gasteiger partial charge in [-0.05, 0) is 66.8 Å². The maximum atomic E-state index is 12.8. The Bertz CT molecular complexity index is 1150. The van der Waals surface area contributed by atoms with Crippen molar-refractivity contribution >= 4 is 33.2 Å². The van der Waals surface area contributed by atoms with Gasteiger partial charge in [0, 0.05) is 37.3 Å². The van der Waals surface area contributed by atoms with Crippen LogP contribution in [0, 0.1) is 0 Å². The van der Waals surface area contributed by atoms with Crippen molar-refractivity contribution in [2.75, 3.05) is 43.1 Å². The van der Waals surface area contributed by atoms with Crippen molar-refractivity contribution in [3.63, 3.8) is 0 Å². The Labute approximate surface area is 187 Å². The van der Waals surface area contributed by atoms with Gasteiger partial charge in [0.05, 0.1) is 23.8 Å². The Hall–Kier alpha value is -2.75. The van der Waals surface area contributed by atoms with Crippen LogP contribution in [0.4, 0.5) is 11.4 Å². The summed E-state index contributed by atoms with van der Waals surface area (Å²) < 4.78 is 32.2. The predicted octanol–water partition coefficient (Wildman–Crippen LogP) is 2.19. The first kappa shape index (κ1) is 21.1. The Kier molecular flexibility index (Phi) is 5.48. The third kappa shape index (κ3) is 3.80. The normalized spacial score (nSPS) is 18.9. The number of anilines is 2. The van der Waals surface area contributed by atoms with Gasteiger partial charge in [-0.3, -0.25) is 9.59 Å². The second-order valence-electron chi connectivity index (χ2n) is 8.29. The van der Waals surface area contributed by atoms with E-state index in [1.165, 1.54) is 28.6 Å². The van der Waals surface area contributed by atoms with Gasteiger partial charge in [-0.1, -0.05) is 0 Å². The lowest BCUT2D eigenvalue weighted by Crippen LogP contribution is -2.40. The van der Waals surface area contributed by atoms with Gasteiger partial charge in [0.15, 0.2) is 0 Å². The summed E-state index contributed by atoms with van der Waals surface area (Å²) in [6.45, 7) is 2.18. The number of benzene rings is 2. The summed E-state index contributed by atoms with van der Waals surface area (Å²) in [6, 6.07) is 9.90. The maximum Gasteiger partial charge on any atom is 0.255 e. The number of hydrogen-bond donors (Lipinski definition) is 1. The molecule has 3 aliphatic heterocycles. The zero-order chi connectivity index (χ0) is 22.3. The van der Waals surface area contributed by atoms with E-state index in [1.54, 1.807) is 0 Å². The molecule has 1 saturated heterocycles. The summed E-state index contributed by atoms with van der Waals surface area (Å²) in [7, 11) is -3.60. The van der Waals surface area contributed by atoms with E-state index in [9.17, 15) is 18.0 Å². The molecule has 0 bridgehead atoms. The molecule has 0 radical (unpaired) electrons. The average molecular weight is 456 g/mol. The molecule has 1 N–H and O–H groups in total. The first-order valence-electron chi connectivity index (χ1n) is 10.9. The number of sulfonamides is 1. The van der Waals surface area contributed by atoms with Crippen LogP contribution in [0.1, 0.15) is 34.3 Å². The lowest BCUT2D eigenvalue weighted by atomic mass is 9.91. The molecule has 0 saturated carbocycles. The van der Waals surface area contributed by atoms with Crippen LogP contribution in [-0.4, -0.2) is 57.4 Å². The second-order valence-corrected chi connectivity index (χ2v) is 10.2. The molecule has 0 unspecified atom stereocenters. The smallest absolute Gasteiger partial charge is 0.255 e. The first-order valence-corrected chi connectivity index (χ1v) is 12.3. The van der Waals surface area contributed by atoms with E-state index in [1.807, 2.05) is 17.0 Å². The highest BCUT2D eigenvalue weighted by atomic mass is 32.2. The zero-order valence-corrected chi connectivity index (χ0v) is 18.5. The first-order chi connectivity index (χ1) is 15.4. The monoisotopic (exact) mass is 455 g/mol. The van der Waals surface area contributed by atoms with E-state index in [0.29, 0.717) is 50.4 Å². The molecule has 2 aromatic carbocycles. The van der Waals surface area contributed by atoms with Gasteiger partial charge >= 0.3 is 0 Å². The van der Waals surface area contributed by atoms with Gasteiger partial charge in [-0.2, -0.15) is 4.31 Å². The molecule has 1 fully saturated rings. The minimum atomic E-state index is -3.60. The number of ether oxygens (including phenoxy) is 1. The number of nitrogens with zero attached hydrogens (tertiary/aromatic N) is 2. The third-order valence-electron chi connectivity index (χ3n) is 6.26. The highest BCUT2D eigenvalue weighted by Gasteiger charge is 2.30. The van der Waals surface area contributed by atoms with E-state index < -0.39 is 10.0 Å². The molecular weight excluding hydrogens is 430 g/mol. The zero-order valence-electron chi connectivity index (χ0n) is 17.7. The SMILES string of the molecule is O=C(Nc1cc2c3c(c1)CCC(=O)N3CCC2)c1ccc(S(=O)(=O)N2CCOCC2)cc1. The molecule has 32 heavy (non-hydrogen) atoms. The van der Waals surface area contributed by atoms with Crippen molar-refractivity contribution in [1.82, 2.24) is 4.31 Å². The van der Waals surface area contributed by atoms with Gasteiger partial charge in [0.1, 0.15) is 0 Å². The maximum absolute atomic E-state index is 12.8. The largest absolute Gasteiger partial charge is 0.379 e. The lowest BCUT2D eigenvalue weighted by molar-refractivity contribution is -0.119. The van der Waals surface area contributed by atoms with Crippen LogP contribution in [0.25, 0.3) is 0 Å². The van der Waals surface area contributed by atoms with Crippen LogP contribution >= 0.6 is 0 Å². The number of rotatable bonds is 4. The van der Waals surface area contributed by atoms with Crippen LogP contribution in [0.5, 0.6) is 0 Å². The standard InChI is InChI=1S/C23H25N3O5S/c27-21-8-5-18-15-19(14-17-2-1-9-26(21)22(17)18)24-23(28)16-3-6-20(7-4-16)32(29,30)25-10-12-31-13-11-25/h3-4,6-7,14-15H,1-2,5,8-13H2,(H,24,28). The Balaban J connectivity index is 1.34. The molecule has 0 atom stereocenters. The predicted molar refractivity (Wildman–Crippen MR) is 119 cm³/mol. The molecule has 0 aromatic heterocycles. The highest BCUT2D eigenvalue weighted by molar-refractivity contribution is 7.89. The summed E-state index contributed by atoms with van der Waals surface area (Å²) in [5.74, 6) is -0.130. The summed E-state index contributed by atoms with van der Waals surface area (Å²) in [6.07, 6.45) is 2.96. The second kappa shape index (κ2) is 8.31. The van der Waals surface area contributed by atoms with Gasteiger partial charge in [0.25, 0.3) is 5.91 Å². The Morgan fingerprint density at radius 3 is 2.34 bits per heavy atom. The summed E-state index contributed by atoms with van der Waals surface area (Å²) in [4.78, 5) is 27.1. The third-order valence-corrected chi connectivity index (χ3v) is 8.17. The number of aryl methyl sites for hydroxylation is 2. The Morgan fingerprint density at radius 1 is 0.938 bits per heavy atom. The summed E-state index contributed by atoms with van der Waals surface area (Å²) in [5, 5.41) is 2.94. The topological polar surface area (TPSA) is 96.0 Å². The van der Waals surface area contributed by atoms with Crippen LogP contribution in [0.15, 0.2) is 41.3 Å². The number of carbonyl (C=O) groups excluding carboxylic acids is 2. The minimum Gasteiger partial charge on any atom is -0.379 e. The van der Waals surface area contributed by atoms with E-state index >= 15 is 0 Å². The number of nitrogens with one attached hydrogen (secondary N) is 1. The van der Waals surface area contributed by atoms with E-state index in [2.05, 4.69) is 5.32 Å². The minimum absolute atomic E-state index is 0.166. The molecule has 3 heterocycles. The van der Waals surface area contributed by atoms with Gasteiger partial charge in [-0.25, -0.2) is 8.42 Å². The molecule has 3 aliphatic rings. The molecule has 8 nitrogen and oxygen atoms in total. The van der Waals surface area contributed by atoms with Crippen LogP contribution in [0.3, 0.4) is 0 Å². The molecule has 5 rings (SSSR count). The number of carbonyl (C=O) groups is 2. The molecule has 2 aromatic rings. The van der Waals surface area contributed by atoms with Crippen molar-refractivity contribution < 1.29 is 22.7 Å². The number of hydrogen-bond acceptors (Lipinski definition) is 5.